The van der Waals surface area contributed by atoms with Gasteiger partial charge in [0.25, 0.3) is 0 Å². The first-order chi connectivity index (χ1) is 5.07. The fourth-order valence-corrected chi connectivity index (χ4v) is 0.640. The number of quaternary nitrogens is 1. The molecule has 5 heteroatoms. The highest BCUT2D eigenvalue weighted by Gasteiger charge is 2.13. The second-order valence-corrected chi connectivity index (χ2v) is 2.46. The van der Waals surface area contributed by atoms with Crippen LogP contribution in [0.4, 0.5) is 0 Å². The second kappa shape index (κ2) is 5.06. The number of aliphatic hydroxyl groups is 1. The summed E-state index contributed by atoms with van der Waals surface area (Å²) < 4.78 is 0. The van der Waals surface area contributed by atoms with Crippen molar-refractivity contribution in [3.05, 3.63) is 0 Å². The third-order valence-electron chi connectivity index (χ3n) is 1.46. The van der Waals surface area contributed by atoms with Gasteiger partial charge in [0.2, 0.25) is 0 Å². The van der Waals surface area contributed by atoms with E-state index >= 15 is 0 Å². The van der Waals surface area contributed by atoms with E-state index in [1.54, 1.807) is 0 Å². The van der Waals surface area contributed by atoms with Gasteiger partial charge in [-0.1, -0.05) is 0 Å². The van der Waals surface area contributed by atoms with Gasteiger partial charge in [0.1, 0.15) is 18.7 Å². The maximum Gasteiger partial charge on any atom is 0.320 e. The summed E-state index contributed by atoms with van der Waals surface area (Å²) in [6.45, 7) is 0.395. The molecule has 0 aliphatic rings. The minimum Gasteiger partial charge on any atom is -0.480 e. The number of carboxylic acids is 1. The molecule has 11 heavy (non-hydrogen) atoms. The predicted molar refractivity (Wildman–Crippen MR) is 38.6 cm³/mol. The van der Waals surface area contributed by atoms with Crippen LogP contribution in [0.5, 0.6) is 0 Å². The van der Waals surface area contributed by atoms with E-state index < -0.39 is 18.1 Å². The summed E-state index contributed by atoms with van der Waals surface area (Å²) in [6, 6.07) is -0.865. The van der Waals surface area contributed by atoms with Crippen molar-refractivity contribution in [2.45, 2.75) is 25.0 Å². The molecule has 2 atom stereocenters. The van der Waals surface area contributed by atoms with E-state index in [0.29, 0.717) is 19.4 Å². The Morgan fingerprint density at radius 1 is 1.55 bits per heavy atom. The average molecular weight is 163 g/mol. The minimum atomic E-state index is -1.03. The highest BCUT2D eigenvalue weighted by Crippen LogP contribution is 1.98. The number of aliphatic carboxylic acids is 1. The molecule has 0 amide bonds. The van der Waals surface area contributed by atoms with E-state index in [9.17, 15) is 4.79 Å². The van der Waals surface area contributed by atoms with Crippen LogP contribution in [0.2, 0.25) is 0 Å². The maximum atomic E-state index is 10.2. The van der Waals surface area contributed by atoms with Crippen LogP contribution in [-0.2, 0) is 4.79 Å². The monoisotopic (exact) mass is 163 g/mol. The molecule has 0 aromatic carbocycles. The fourth-order valence-electron chi connectivity index (χ4n) is 0.640. The van der Waals surface area contributed by atoms with Gasteiger partial charge in [0, 0.05) is 0 Å². The maximum absolute atomic E-state index is 10.2. The lowest BCUT2D eigenvalue weighted by Crippen LogP contribution is -2.55. The van der Waals surface area contributed by atoms with Gasteiger partial charge in [-0.3, -0.25) is 4.79 Å². The smallest absolute Gasteiger partial charge is 0.320 e. The molecule has 0 rings (SSSR count). The van der Waals surface area contributed by atoms with Crippen LogP contribution in [0.25, 0.3) is 0 Å². The Hall–Kier alpha value is -0.650. The fraction of sp³-hybridized carbons (Fsp3) is 0.833. The topological polar surface area (TPSA) is 111 Å². The molecule has 0 heterocycles. The normalized spacial score (nSPS) is 15.9. The lowest BCUT2D eigenvalue weighted by Gasteiger charge is -2.07. The van der Waals surface area contributed by atoms with Gasteiger partial charge in [0.05, 0.1) is 0 Å². The molecule has 0 radical (unpaired) electrons. The number of nitrogens with two attached hydrogens (primary N) is 1. The van der Waals surface area contributed by atoms with E-state index in [4.69, 9.17) is 15.9 Å². The zero-order valence-corrected chi connectivity index (χ0v) is 6.36. The van der Waals surface area contributed by atoms with Gasteiger partial charge in [-0.2, -0.15) is 0 Å². The SMILES string of the molecule is NC(CCC(O)C[NH3+])C(=O)O. The highest BCUT2D eigenvalue weighted by atomic mass is 16.4. The molecule has 5 nitrogen and oxygen atoms in total. The molecule has 0 spiro atoms. The van der Waals surface area contributed by atoms with Crippen molar-refractivity contribution in [3.8, 4) is 0 Å². The minimum absolute atomic E-state index is 0.298. The number of carbonyl (C=O) groups is 1. The van der Waals surface area contributed by atoms with Crippen molar-refractivity contribution < 1.29 is 20.7 Å². The van der Waals surface area contributed by atoms with Crippen LogP contribution < -0.4 is 11.5 Å². The Morgan fingerprint density at radius 3 is 2.45 bits per heavy atom. The Bertz CT molecular complexity index is 129. The van der Waals surface area contributed by atoms with Crippen LogP contribution in [0.1, 0.15) is 12.8 Å². The van der Waals surface area contributed by atoms with E-state index in [0.717, 1.165) is 0 Å². The first kappa shape index (κ1) is 10.3. The number of hydrogen-bond acceptors (Lipinski definition) is 3. The zero-order chi connectivity index (χ0) is 8.85. The van der Waals surface area contributed by atoms with Crippen LogP contribution in [0, 0.1) is 0 Å². The first-order valence-electron chi connectivity index (χ1n) is 3.53. The predicted octanol–water partition coefficient (Wildman–Crippen LogP) is -2.22. The average Bonchev–Trinajstić information content (AvgIpc) is 1.99. The number of carboxylic acid groups (broad SMARTS) is 1. The van der Waals surface area contributed by atoms with Gasteiger partial charge < -0.3 is 21.7 Å². The van der Waals surface area contributed by atoms with Crippen molar-refractivity contribution >= 4 is 5.97 Å². The lowest BCUT2D eigenvalue weighted by molar-refractivity contribution is -0.384. The first-order valence-corrected chi connectivity index (χ1v) is 3.53. The molecule has 0 saturated carbocycles. The van der Waals surface area contributed by atoms with Crippen LogP contribution >= 0.6 is 0 Å². The summed E-state index contributed by atoms with van der Waals surface area (Å²) >= 11 is 0. The lowest BCUT2D eigenvalue weighted by atomic mass is 10.1. The number of aliphatic hydroxyl groups excluding tert-OH is 1. The Balaban J connectivity index is 3.45. The summed E-state index contributed by atoms with van der Waals surface area (Å²) in [5.74, 6) is -1.03. The van der Waals surface area contributed by atoms with E-state index in [1.807, 2.05) is 0 Å². The molecule has 0 aliphatic carbocycles. The van der Waals surface area contributed by atoms with Gasteiger partial charge in [-0.15, -0.1) is 0 Å². The molecule has 66 valence electrons. The number of rotatable bonds is 5. The second-order valence-electron chi connectivity index (χ2n) is 2.46. The van der Waals surface area contributed by atoms with Gasteiger partial charge in [-0.25, -0.2) is 0 Å². The quantitative estimate of drug-likeness (QED) is 0.368. The molecule has 0 saturated heterocycles. The van der Waals surface area contributed by atoms with E-state index in [-0.39, 0.29) is 0 Å². The van der Waals surface area contributed by atoms with Gasteiger partial charge in [0.15, 0.2) is 0 Å². The Kier molecular flexibility index (Phi) is 4.76. The summed E-state index contributed by atoms with van der Waals surface area (Å²) in [7, 11) is 0. The van der Waals surface area contributed by atoms with Crippen molar-refractivity contribution in [1.82, 2.24) is 0 Å². The molecule has 0 aliphatic heterocycles. The van der Waals surface area contributed by atoms with Crippen LogP contribution in [0.15, 0.2) is 0 Å². The van der Waals surface area contributed by atoms with Crippen molar-refractivity contribution in [2.75, 3.05) is 6.54 Å². The number of hydrogen-bond donors (Lipinski definition) is 4. The summed E-state index contributed by atoms with van der Waals surface area (Å²) in [5.41, 5.74) is 8.66. The van der Waals surface area contributed by atoms with Crippen molar-refractivity contribution in [2.24, 2.45) is 5.73 Å². The van der Waals surface area contributed by atoms with E-state index in [2.05, 4.69) is 5.73 Å². The summed E-state index contributed by atoms with van der Waals surface area (Å²) in [5, 5.41) is 17.3. The Labute approximate surface area is 65.0 Å². The molecule has 0 fully saturated rings. The largest absolute Gasteiger partial charge is 0.480 e. The molecule has 0 bridgehead atoms. The molecule has 7 N–H and O–H groups in total. The molecule has 0 aromatic heterocycles. The highest BCUT2D eigenvalue weighted by molar-refractivity contribution is 5.72. The molecular formula is C6H15N2O3+. The molecular weight excluding hydrogens is 148 g/mol. The van der Waals surface area contributed by atoms with Crippen molar-refractivity contribution in [3.63, 3.8) is 0 Å². The molecule has 0 aromatic rings. The van der Waals surface area contributed by atoms with Gasteiger partial charge in [-0.05, 0) is 12.8 Å². The Morgan fingerprint density at radius 2 is 2.09 bits per heavy atom. The van der Waals surface area contributed by atoms with E-state index in [1.165, 1.54) is 0 Å². The molecule has 2 unspecified atom stereocenters. The third-order valence-corrected chi connectivity index (χ3v) is 1.46. The third kappa shape index (κ3) is 4.72. The summed E-state index contributed by atoms with van der Waals surface area (Å²) in [4.78, 5) is 10.2. The summed E-state index contributed by atoms with van der Waals surface area (Å²) in [6.07, 6.45) is 0.170. The van der Waals surface area contributed by atoms with Gasteiger partial charge >= 0.3 is 5.97 Å². The zero-order valence-electron chi connectivity index (χ0n) is 6.36. The standard InChI is InChI=1S/C6H14N2O3/c7-3-4(9)1-2-5(8)6(10)11/h4-5,9H,1-3,7-8H2,(H,10,11)/p+1. The van der Waals surface area contributed by atoms with Crippen molar-refractivity contribution in [1.29, 1.82) is 0 Å². The van der Waals surface area contributed by atoms with Crippen LogP contribution in [0.3, 0.4) is 0 Å². The van der Waals surface area contributed by atoms with Crippen LogP contribution in [-0.4, -0.2) is 34.9 Å².